The largest absolute Gasteiger partial charge is 0.481 e. The highest BCUT2D eigenvalue weighted by atomic mass is 16.5. The van der Waals surface area contributed by atoms with Crippen LogP contribution in [-0.2, 0) is 9.53 Å². The quantitative estimate of drug-likeness (QED) is 0.737. The number of likely N-dealkylation sites (N-methyl/N-ethyl adjacent to an activating group) is 1. The average Bonchev–Trinajstić information content (AvgIpc) is 2.26. The minimum atomic E-state index is -0.745. The molecular weight excluding hydrogens is 220 g/mol. The molecule has 1 fully saturated rings. The van der Waals surface area contributed by atoms with Crippen molar-refractivity contribution in [2.24, 2.45) is 0 Å². The van der Waals surface area contributed by atoms with Crippen LogP contribution in [0.25, 0.3) is 0 Å². The molecular formula is C12H24N2O3. The van der Waals surface area contributed by atoms with Gasteiger partial charge in [0.25, 0.3) is 0 Å². The molecule has 0 bridgehead atoms. The summed E-state index contributed by atoms with van der Waals surface area (Å²) < 4.78 is 5.71. The Morgan fingerprint density at radius 2 is 2.29 bits per heavy atom. The molecule has 1 heterocycles. The highest BCUT2D eigenvalue weighted by Gasteiger charge is 2.23. The molecule has 0 aliphatic carbocycles. The highest BCUT2D eigenvalue weighted by molar-refractivity contribution is 5.66. The maximum atomic E-state index is 10.5. The SMILES string of the molecule is CC(C)N1CCOC(CN(C)CCC(=O)O)C1. The molecule has 0 radical (unpaired) electrons. The second-order valence-corrected chi connectivity index (χ2v) is 4.99. The number of ether oxygens (including phenoxy) is 1. The maximum absolute atomic E-state index is 10.5. The monoisotopic (exact) mass is 244 g/mol. The van der Waals surface area contributed by atoms with E-state index in [9.17, 15) is 4.79 Å². The van der Waals surface area contributed by atoms with E-state index in [1.54, 1.807) is 0 Å². The van der Waals surface area contributed by atoms with Gasteiger partial charge >= 0.3 is 5.97 Å². The molecule has 1 rings (SSSR count). The summed E-state index contributed by atoms with van der Waals surface area (Å²) in [6, 6.07) is 0.547. The fourth-order valence-electron chi connectivity index (χ4n) is 2.05. The highest BCUT2D eigenvalue weighted by Crippen LogP contribution is 2.09. The van der Waals surface area contributed by atoms with E-state index in [0.29, 0.717) is 12.6 Å². The number of carboxylic acid groups (broad SMARTS) is 1. The lowest BCUT2D eigenvalue weighted by molar-refractivity contribution is -0.137. The molecule has 100 valence electrons. The molecule has 1 saturated heterocycles. The molecule has 1 N–H and O–H groups in total. The summed E-state index contributed by atoms with van der Waals surface area (Å²) >= 11 is 0. The van der Waals surface area contributed by atoms with Crippen molar-refractivity contribution in [3.8, 4) is 0 Å². The Morgan fingerprint density at radius 1 is 1.59 bits per heavy atom. The van der Waals surface area contributed by atoms with E-state index in [4.69, 9.17) is 9.84 Å². The summed E-state index contributed by atoms with van der Waals surface area (Å²) in [7, 11) is 1.95. The van der Waals surface area contributed by atoms with Crippen molar-refractivity contribution >= 4 is 5.97 Å². The molecule has 0 aromatic rings. The number of carbonyl (C=O) groups is 1. The van der Waals surface area contributed by atoms with Crippen LogP contribution in [0.2, 0.25) is 0 Å². The standard InChI is InChI=1S/C12H24N2O3/c1-10(2)14-6-7-17-11(9-14)8-13(3)5-4-12(15)16/h10-11H,4-9H2,1-3H3,(H,15,16). The Kier molecular flexibility index (Phi) is 5.88. The molecule has 0 amide bonds. The summed E-state index contributed by atoms with van der Waals surface area (Å²) in [5.74, 6) is -0.745. The van der Waals surface area contributed by atoms with Crippen LogP contribution in [0.5, 0.6) is 0 Å². The number of aliphatic carboxylic acids is 1. The molecule has 17 heavy (non-hydrogen) atoms. The Hall–Kier alpha value is -0.650. The van der Waals surface area contributed by atoms with E-state index in [2.05, 4.69) is 18.7 Å². The van der Waals surface area contributed by atoms with Gasteiger partial charge < -0.3 is 14.7 Å². The number of hydrogen-bond donors (Lipinski definition) is 1. The zero-order valence-corrected chi connectivity index (χ0v) is 11.1. The number of morpholine rings is 1. The number of nitrogens with zero attached hydrogens (tertiary/aromatic N) is 2. The van der Waals surface area contributed by atoms with Crippen molar-refractivity contribution in [2.45, 2.75) is 32.4 Å². The van der Waals surface area contributed by atoms with Crippen molar-refractivity contribution in [1.82, 2.24) is 9.80 Å². The van der Waals surface area contributed by atoms with Crippen molar-refractivity contribution in [1.29, 1.82) is 0 Å². The number of rotatable bonds is 6. The smallest absolute Gasteiger partial charge is 0.304 e. The molecule has 0 spiro atoms. The summed E-state index contributed by atoms with van der Waals surface area (Å²) in [6.45, 7) is 8.47. The van der Waals surface area contributed by atoms with E-state index in [-0.39, 0.29) is 12.5 Å². The van der Waals surface area contributed by atoms with Crippen LogP contribution >= 0.6 is 0 Å². The molecule has 1 atom stereocenters. The van der Waals surface area contributed by atoms with Gasteiger partial charge in [-0.1, -0.05) is 0 Å². The summed E-state index contributed by atoms with van der Waals surface area (Å²) in [6.07, 6.45) is 0.391. The van der Waals surface area contributed by atoms with Crippen LogP contribution in [0, 0.1) is 0 Å². The van der Waals surface area contributed by atoms with Crippen LogP contribution in [0.3, 0.4) is 0 Å². The first-order valence-electron chi connectivity index (χ1n) is 6.25. The fraction of sp³-hybridized carbons (Fsp3) is 0.917. The average molecular weight is 244 g/mol. The predicted octanol–water partition coefficient (Wildman–Crippen LogP) is 0.502. The Bertz CT molecular complexity index is 246. The van der Waals surface area contributed by atoms with Gasteiger partial charge in [-0.3, -0.25) is 9.69 Å². The van der Waals surface area contributed by atoms with Crippen LogP contribution in [-0.4, -0.2) is 72.9 Å². The molecule has 5 nitrogen and oxygen atoms in total. The Labute approximate surface area is 103 Å². The van der Waals surface area contributed by atoms with Gasteiger partial charge in [-0.2, -0.15) is 0 Å². The zero-order chi connectivity index (χ0) is 12.8. The lowest BCUT2D eigenvalue weighted by atomic mass is 10.2. The topological polar surface area (TPSA) is 53.0 Å². The van der Waals surface area contributed by atoms with Crippen molar-refractivity contribution in [3.63, 3.8) is 0 Å². The van der Waals surface area contributed by atoms with Crippen LogP contribution < -0.4 is 0 Å². The first kappa shape index (κ1) is 14.4. The van der Waals surface area contributed by atoms with Gasteiger partial charge in [0.05, 0.1) is 19.1 Å². The first-order chi connectivity index (χ1) is 7.99. The van der Waals surface area contributed by atoms with Gasteiger partial charge in [0.1, 0.15) is 0 Å². The second-order valence-electron chi connectivity index (χ2n) is 4.99. The lowest BCUT2D eigenvalue weighted by Gasteiger charge is -2.36. The fourth-order valence-corrected chi connectivity index (χ4v) is 2.05. The van der Waals surface area contributed by atoms with Crippen molar-refractivity contribution in [3.05, 3.63) is 0 Å². The predicted molar refractivity (Wildman–Crippen MR) is 66.2 cm³/mol. The van der Waals surface area contributed by atoms with Gasteiger partial charge in [-0.05, 0) is 20.9 Å². The van der Waals surface area contributed by atoms with Gasteiger partial charge in [-0.15, -0.1) is 0 Å². The summed E-state index contributed by atoms with van der Waals surface area (Å²) in [4.78, 5) is 14.9. The second kappa shape index (κ2) is 6.93. The maximum Gasteiger partial charge on any atom is 0.304 e. The molecule has 1 aliphatic heterocycles. The van der Waals surface area contributed by atoms with Gasteiger partial charge in [-0.25, -0.2) is 0 Å². The number of carboxylic acids is 1. The minimum absolute atomic E-state index is 0.192. The normalized spacial score (nSPS) is 22.3. The van der Waals surface area contributed by atoms with E-state index in [1.807, 2.05) is 11.9 Å². The van der Waals surface area contributed by atoms with E-state index in [0.717, 1.165) is 26.2 Å². The van der Waals surface area contributed by atoms with Crippen molar-refractivity contribution in [2.75, 3.05) is 39.8 Å². The first-order valence-corrected chi connectivity index (χ1v) is 6.25. The van der Waals surface area contributed by atoms with Gasteiger partial charge in [0.15, 0.2) is 0 Å². The number of hydrogen-bond acceptors (Lipinski definition) is 4. The minimum Gasteiger partial charge on any atom is -0.481 e. The molecule has 0 aromatic heterocycles. The Morgan fingerprint density at radius 3 is 2.88 bits per heavy atom. The third-order valence-corrected chi connectivity index (χ3v) is 3.12. The van der Waals surface area contributed by atoms with E-state index < -0.39 is 5.97 Å². The van der Waals surface area contributed by atoms with E-state index in [1.165, 1.54) is 0 Å². The summed E-state index contributed by atoms with van der Waals surface area (Å²) in [5, 5.41) is 8.62. The van der Waals surface area contributed by atoms with Gasteiger partial charge in [0, 0.05) is 32.2 Å². The molecule has 0 saturated carbocycles. The van der Waals surface area contributed by atoms with Crippen LogP contribution in [0.1, 0.15) is 20.3 Å². The molecule has 0 aromatic carbocycles. The Balaban J connectivity index is 2.28. The third kappa shape index (κ3) is 5.48. The van der Waals surface area contributed by atoms with Crippen molar-refractivity contribution < 1.29 is 14.6 Å². The van der Waals surface area contributed by atoms with Gasteiger partial charge in [0.2, 0.25) is 0 Å². The molecule has 1 unspecified atom stereocenters. The third-order valence-electron chi connectivity index (χ3n) is 3.12. The molecule has 1 aliphatic rings. The lowest BCUT2D eigenvalue weighted by Crippen LogP contribution is -2.49. The van der Waals surface area contributed by atoms with Crippen LogP contribution in [0.15, 0.2) is 0 Å². The van der Waals surface area contributed by atoms with Crippen LogP contribution in [0.4, 0.5) is 0 Å². The summed E-state index contributed by atoms with van der Waals surface area (Å²) in [5.41, 5.74) is 0. The zero-order valence-electron chi connectivity index (χ0n) is 11.1. The molecule has 5 heteroatoms. The van der Waals surface area contributed by atoms with E-state index >= 15 is 0 Å².